The highest BCUT2D eigenvalue weighted by molar-refractivity contribution is 7.93. The molecule has 1 aromatic heterocycles. The van der Waals surface area contributed by atoms with Gasteiger partial charge in [-0.3, -0.25) is 4.72 Å². The highest BCUT2D eigenvalue weighted by Crippen LogP contribution is 2.30. The van der Waals surface area contributed by atoms with Gasteiger partial charge in [0.2, 0.25) is 5.13 Å². The minimum atomic E-state index is -3.82. The number of nitrogens with one attached hydrogen (secondary N) is 1. The van der Waals surface area contributed by atoms with E-state index in [1.54, 1.807) is 13.0 Å². The summed E-state index contributed by atoms with van der Waals surface area (Å²) in [6.07, 6.45) is 0. The fraction of sp³-hybridized carbons (Fsp3) is 0.273. The van der Waals surface area contributed by atoms with Crippen LogP contribution in [0.3, 0.4) is 0 Å². The van der Waals surface area contributed by atoms with Crippen molar-refractivity contribution in [2.24, 2.45) is 0 Å². The molecule has 0 saturated carbocycles. The molecule has 9 heteroatoms. The maximum atomic E-state index is 12.4. The first kappa shape index (κ1) is 14.5. The maximum absolute atomic E-state index is 12.4. The van der Waals surface area contributed by atoms with Gasteiger partial charge in [-0.15, -0.1) is 10.2 Å². The van der Waals surface area contributed by atoms with Crippen molar-refractivity contribution in [1.29, 1.82) is 0 Å². The molecule has 7 nitrogen and oxygen atoms in total. The number of sulfonamides is 1. The second kappa shape index (κ2) is 5.63. The predicted molar refractivity (Wildman–Crippen MR) is 75.0 cm³/mol. The molecule has 0 aliphatic heterocycles. The number of benzene rings is 1. The largest absolute Gasteiger partial charge is 0.497 e. The van der Waals surface area contributed by atoms with Gasteiger partial charge in [-0.25, -0.2) is 8.42 Å². The molecule has 0 amide bonds. The third kappa shape index (κ3) is 2.99. The molecule has 0 saturated heterocycles. The van der Waals surface area contributed by atoms with Gasteiger partial charge < -0.3 is 9.47 Å². The smallest absolute Gasteiger partial charge is 0.267 e. The molecule has 2 aromatic rings. The highest BCUT2D eigenvalue weighted by Gasteiger charge is 2.22. The fourth-order valence-electron chi connectivity index (χ4n) is 1.50. The van der Waals surface area contributed by atoms with Crippen LogP contribution in [-0.4, -0.2) is 32.8 Å². The van der Waals surface area contributed by atoms with Crippen LogP contribution in [0, 0.1) is 6.92 Å². The molecule has 2 rings (SSSR count). The topological polar surface area (TPSA) is 90.4 Å². The Labute approximate surface area is 120 Å². The van der Waals surface area contributed by atoms with E-state index in [1.165, 1.54) is 26.4 Å². The molecule has 0 aliphatic carbocycles. The van der Waals surface area contributed by atoms with E-state index in [9.17, 15) is 8.42 Å². The number of aryl methyl sites for hydroxylation is 1. The Morgan fingerprint density at radius 3 is 2.50 bits per heavy atom. The number of ether oxygens (including phenoxy) is 2. The van der Waals surface area contributed by atoms with E-state index in [2.05, 4.69) is 14.9 Å². The summed E-state index contributed by atoms with van der Waals surface area (Å²) in [5.41, 5.74) is 0. The Kier molecular flexibility index (Phi) is 4.09. The minimum Gasteiger partial charge on any atom is -0.497 e. The summed E-state index contributed by atoms with van der Waals surface area (Å²) in [4.78, 5) is -0.0211. The van der Waals surface area contributed by atoms with Crippen LogP contribution in [0.15, 0.2) is 23.1 Å². The molecule has 0 spiro atoms. The molecule has 1 N–H and O–H groups in total. The lowest BCUT2D eigenvalue weighted by Gasteiger charge is -2.11. The van der Waals surface area contributed by atoms with Crippen molar-refractivity contribution in [2.75, 3.05) is 18.9 Å². The van der Waals surface area contributed by atoms with Crippen LogP contribution < -0.4 is 14.2 Å². The first-order valence-electron chi connectivity index (χ1n) is 5.51. The average molecular weight is 315 g/mol. The van der Waals surface area contributed by atoms with E-state index in [0.29, 0.717) is 10.8 Å². The van der Waals surface area contributed by atoms with Crippen molar-refractivity contribution in [3.8, 4) is 11.5 Å². The van der Waals surface area contributed by atoms with Crippen LogP contribution >= 0.6 is 11.3 Å². The normalized spacial score (nSPS) is 11.2. The summed E-state index contributed by atoms with van der Waals surface area (Å²) in [5.74, 6) is 0.638. The first-order chi connectivity index (χ1) is 9.46. The molecule has 0 bridgehead atoms. The lowest BCUT2D eigenvalue weighted by molar-refractivity contribution is 0.392. The van der Waals surface area contributed by atoms with E-state index in [0.717, 1.165) is 11.3 Å². The Balaban J connectivity index is 2.42. The number of nitrogens with zero attached hydrogens (tertiary/aromatic N) is 2. The number of anilines is 1. The second-order valence-corrected chi connectivity index (χ2v) is 6.58. The summed E-state index contributed by atoms with van der Waals surface area (Å²) in [6, 6.07) is 4.53. The molecule has 0 atom stereocenters. The van der Waals surface area contributed by atoms with E-state index < -0.39 is 10.0 Å². The highest BCUT2D eigenvalue weighted by atomic mass is 32.2. The second-order valence-electron chi connectivity index (χ2n) is 3.75. The third-order valence-electron chi connectivity index (χ3n) is 2.41. The molecule has 1 heterocycles. The molecule has 108 valence electrons. The average Bonchev–Trinajstić information content (AvgIpc) is 2.82. The van der Waals surface area contributed by atoms with Crippen LogP contribution in [0.2, 0.25) is 0 Å². The van der Waals surface area contributed by atoms with Gasteiger partial charge in [0, 0.05) is 6.07 Å². The molecule has 0 unspecified atom stereocenters. The van der Waals surface area contributed by atoms with Gasteiger partial charge in [0.05, 0.1) is 14.2 Å². The van der Waals surface area contributed by atoms with Gasteiger partial charge in [-0.05, 0) is 19.1 Å². The van der Waals surface area contributed by atoms with Crippen molar-refractivity contribution < 1.29 is 17.9 Å². The molecular weight excluding hydrogens is 302 g/mol. The number of aromatic nitrogens is 2. The molecular formula is C11H13N3O4S2. The molecule has 0 radical (unpaired) electrons. The van der Waals surface area contributed by atoms with Gasteiger partial charge in [-0.2, -0.15) is 0 Å². The van der Waals surface area contributed by atoms with Gasteiger partial charge in [0.1, 0.15) is 21.4 Å². The van der Waals surface area contributed by atoms with E-state index >= 15 is 0 Å². The van der Waals surface area contributed by atoms with Crippen LogP contribution in [-0.2, 0) is 10.0 Å². The summed E-state index contributed by atoms with van der Waals surface area (Å²) >= 11 is 1.15. The zero-order valence-electron chi connectivity index (χ0n) is 11.1. The van der Waals surface area contributed by atoms with Crippen LogP contribution in [0.25, 0.3) is 0 Å². The van der Waals surface area contributed by atoms with Gasteiger partial charge in [0.25, 0.3) is 10.0 Å². The van der Waals surface area contributed by atoms with E-state index in [1.807, 2.05) is 0 Å². The number of rotatable bonds is 5. The molecule has 1 aromatic carbocycles. The SMILES string of the molecule is COc1ccc(OC)c(S(=O)(=O)Nc2nnc(C)s2)c1. The Hall–Kier alpha value is -1.87. The summed E-state index contributed by atoms with van der Waals surface area (Å²) < 4.78 is 37.2. The van der Waals surface area contributed by atoms with Crippen LogP contribution in [0.1, 0.15) is 5.01 Å². The first-order valence-corrected chi connectivity index (χ1v) is 7.81. The number of hydrogen-bond donors (Lipinski definition) is 1. The van der Waals surface area contributed by atoms with Crippen LogP contribution in [0.4, 0.5) is 5.13 Å². The van der Waals surface area contributed by atoms with Crippen molar-refractivity contribution in [1.82, 2.24) is 10.2 Å². The van der Waals surface area contributed by atoms with Crippen molar-refractivity contribution in [3.05, 3.63) is 23.2 Å². The summed E-state index contributed by atoms with van der Waals surface area (Å²) in [6.45, 7) is 1.74. The lowest BCUT2D eigenvalue weighted by atomic mass is 10.3. The minimum absolute atomic E-state index is 0.0211. The van der Waals surface area contributed by atoms with Crippen LogP contribution in [0.5, 0.6) is 11.5 Å². The quantitative estimate of drug-likeness (QED) is 0.902. The van der Waals surface area contributed by atoms with Gasteiger partial charge in [0.15, 0.2) is 0 Å². The summed E-state index contributed by atoms with van der Waals surface area (Å²) in [5, 5.41) is 8.36. The third-order valence-corrected chi connectivity index (χ3v) is 4.65. The molecule has 20 heavy (non-hydrogen) atoms. The predicted octanol–water partition coefficient (Wildman–Crippen LogP) is 1.66. The molecule has 0 fully saturated rings. The Bertz CT molecular complexity index is 712. The Morgan fingerprint density at radius 1 is 1.20 bits per heavy atom. The maximum Gasteiger partial charge on any atom is 0.267 e. The zero-order chi connectivity index (χ0) is 14.8. The monoisotopic (exact) mass is 315 g/mol. The zero-order valence-corrected chi connectivity index (χ0v) is 12.7. The van der Waals surface area contributed by atoms with Crippen molar-refractivity contribution in [2.45, 2.75) is 11.8 Å². The lowest BCUT2D eigenvalue weighted by Crippen LogP contribution is -2.14. The van der Waals surface area contributed by atoms with Gasteiger partial charge >= 0.3 is 0 Å². The number of methoxy groups -OCH3 is 2. The summed E-state index contributed by atoms with van der Waals surface area (Å²) in [7, 11) is -0.966. The number of hydrogen-bond acceptors (Lipinski definition) is 7. The van der Waals surface area contributed by atoms with E-state index in [-0.39, 0.29) is 15.8 Å². The Morgan fingerprint density at radius 2 is 1.95 bits per heavy atom. The standard InChI is InChI=1S/C11H13N3O4S2/c1-7-12-13-11(19-7)14-20(15,16)10-6-8(17-2)4-5-9(10)18-3/h4-6H,1-3H3,(H,13,14). The molecule has 0 aliphatic rings. The van der Waals surface area contributed by atoms with Crippen molar-refractivity contribution >= 4 is 26.5 Å². The van der Waals surface area contributed by atoms with Crippen molar-refractivity contribution in [3.63, 3.8) is 0 Å². The van der Waals surface area contributed by atoms with Gasteiger partial charge in [-0.1, -0.05) is 11.3 Å². The van der Waals surface area contributed by atoms with E-state index in [4.69, 9.17) is 9.47 Å². The fourth-order valence-corrected chi connectivity index (χ4v) is 3.51.